The van der Waals surface area contributed by atoms with E-state index in [-0.39, 0.29) is 30.4 Å². The highest BCUT2D eigenvalue weighted by atomic mass is 16.5. The fourth-order valence-electron chi connectivity index (χ4n) is 3.45. The minimum atomic E-state index is -0.212. The highest BCUT2D eigenvalue weighted by Crippen LogP contribution is 2.30. The molecule has 1 atom stereocenters. The van der Waals surface area contributed by atoms with Gasteiger partial charge in [0, 0.05) is 22.7 Å². The van der Waals surface area contributed by atoms with Crippen LogP contribution in [-0.2, 0) is 11.4 Å². The van der Waals surface area contributed by atoms with Gasteiger partial charge in [-0.1, -0.05) is 36.4 Å². The molecule has 3 aromatic rings. The smallest absolute Gasteiger partial charge is 0.251 e. The van der Waals surface area contributed by atoms with E-state index in [0.717, 1.165) is 29.7 Å². The van der Waals surface area contributed by atoms with Gasteiger partial charge in [0.05, 0.1) is 17.7 Å². The first-order chi connectivity index (χ1) is 16.0. The summed E-state index contributed by atoms with van der Waals surface area (Å²) in [5, 5.41) is 15.1. The number of benzene rings is 3. The third kappa shape index (κ3) is 5.78. The number of nitrogens with zero attached hydrogens (tertiary/aromatic N) is 1. The predicted molar refractivity (Wildman–Crippen MR) is 126 cm³/mol. The van der Waals surface area contributed by atoms with Crippen molar-refractivity contribution in [3.8, 4) is 11.8 Å². The third-order valence-electron chi connectivity index (χ3n) is 5.60. The number of amides is 2. The molecule has 166 valence electrons. The molecule has 6 heteroatoms. The molecule has 2 N–H and O–H groups in total. The molecule has 1 aliphatic rings. The standard InChI is InChI=1S/C27H25N3O3/c1-18(19-11-13-24(14-12-19)30-26(31)20-9-10-20)29-27(32)21-7-4-8-25(15-21)33-17-23-6-3-2-5-22(23)16-28/h2-8,11-15,18,20H,9-10,17H2,1H3,(H,29,32)(H,30,31). The summed E-state index contributed by atoms with van der Waals surface area (Å²) in [6.45, 7) is 2.16. The summed E-state index contributed by atoms with van der Waals surface area (Å²) in [5.41, 5.74) is 3.55. The molecule has 1 fully saturated rings. The van der Waals surface area contributed by atoms with E-state index in [1.165, 1.54) is 0 Å². The van der Waals surface area contributed by atoms with Crippen molar-refractivity contribution in [2.75, 3.05) is 5.32 Å². The molecule has 4 rings (SSSR count). The lowest BCUT2D eigenvalue weighted by Crippen LogP contribution is -2.26. The highest BCUT2D eigenvalue weighted by Gasteiger charge is 2.29. The van der Waals surface area contributed by atoms with E-state index in [1.807, 2.05) is 49.4 Å². The number of anilines is 1. The molecular formula is C27H25N3O3. The summed E-state index contributed by atoms with van der Waals surface area (Å²) in [5.74, 6) is 0.571. The van der Waals surface area contributed by atoms with Crippen molar-refractivity contribution < 1.29 is 14.3 Å². The van der Waals surface area contributed by atoms with E-state index in [1.54, 1.807) is 30.3 Å². The molecule has 2 amide bonds. The van der Waals surface area contributed by atoms with Gasteiger partial charge in [-0.15, -0.1) is 0 Å². The molecule has 0 spiro atoms. The van der Waals surface area contributed by atoms with Gasteiger partial charge in [0.2, 0.25) is 5.91 Å². The van der Waals surface area contributed by atoms with Gasteiger partial charge >= 0.3 is 0 Å². The summed E-state index contributed by atoms with van der Waals surface area (Å²) in [4.78, 5) is 24.7. The van der Waals surface area contributed by atoms with Crippen LogP contribution in [0.3, 0.4) is 0 Å². The monoisotopic (exact) mass is 439 g/mol. The normalized spacial score (nSPS) is 13.5. The van der Waals surface area contributed by atoms with Crippen LogP contribution in [0.5, 0.6) is 5.75 Å². The number of hydrogen-bond acceptors (Lipinski definition) is 4. The molecule has 0 bridgehead atoms. The summed E-state index contributed by atoms with van der Waals surface area (Å²) in [6, 6.07) is 23.7. The van der Waals surface area contributed by atoms with E-state index < -0.39 is 0 Å². The maximum Gasteiger partial charge on any atom is 0.251 e. The van der Waals surface area contributed by atoms with Crippen LogP contribution < -0.4 is 15.4 Å². The SMILES string of the molecule is CC(NC(=O)c1cccc(OCc2ccccc2C#N)c1)c1ccc(NC(=O)C2CC2)cc1. The Labute approximate surface area is 193 Å². The second-order valence-corrected chi connectivity index (χ2v) is 8.17. The van der Waals surface area contributed by atoms with Crippen LogP contribution in [0.1, 0.15) is 52.9 Å². The molecule has 33 heavy (non-hydrogen) atoms. The summed E-state index contributed by atoms with van der Waals surface area (Å²) < 4.78 is 5.82. The number of carbonyl (C=O) groups excluding carboxylic acids is 2. The first kappa shape index (κ1) is 22.1. The second kappa shape index (κ2) is 10.0. The number of nitriles is 1. The quantitative estimate of drug-likeness (QED) is 0.518. The Kier molecular flexibility index (Phi) is 6.70. The topological polar surface area (TPSA) is 91.2 Å². The van der Waals surface area contributed by atoms with E-state index in [4.69, 9.17) is 4.74 Å². The molecular weight excluding hydrogens is 414 g/mol. The fraction of sp³-hybridized carbons (Fsp3) is 0.222. The molecule has 0 aliphatic heterocycles. The third-order valence-corrected chi connectivity index (χ3v) is 5.60. The predicted octanol–water partition coefficient (Wildman–Crippen LogP) is 4.98. The van der Waals surface area contributed by atoms with Crippen molar-refractivity contribution in [1.82, 2.24) is 5.32 Å². The van der Waals surface area contributed by atoms with Crippen LogP contribution >= 0.6 is 0 Å². The first-order valence-corrected chi connectivity index (χ1v) is 11.0. The van der Waals surface area contributed by atoms with Crippen molar-refractivity contribution in [3.63, 3.8) is 0 Å². The van der Waals surface area contributed by atoms with Crippen LogP contribution in [-0.4, -0.2) is 11.8 Å². The largest absolute Gasteiger partial charge is 0.489 e. The zero-order valence-corrected chi connectivity index (χ0v) is 18.4. The van der Waals surface area contributed by atoms with Crippen molar-refractivity contribution >= 4 is 17.5 Å². The molecule has 0 aromatic heterocycles. The van der Waals surface area contributed by atoms with Gasteiger partial charge in [0.15, 0.2) is 0 Å². The highest BCUT2D eigenvalue weighted by molar-refractivity contribution is 5.95. The maximum atomic E-state index is 12.8. The lowest BCUT2D eigenvalue weighted by molar-refractivity contribution is -0.117. The Balaban J connectivity index is 1.35. The molecule has 1 unspecified atom stereocenters. The second-order valence-electron chi connectivity index (χ2n) is 8.17. The zero-order chi connectivity index (χ0) is 23.2. The molecule has 3 aromatic carbocycles. The number of hydrogen-bond donors (Lipinski definition) is 2. The molecule has 1 aliphatic carbocycles. The summed E-state index contributed by atoms with van der Waals surface area (Å²) in [7, 11) is 0. The van der Waals surface area contributed by atoms with Crippen LogP contribution in [0.4, 0.5) is 5.69 Å². The average Bonchev–Trinajstić information content (AvgIpc) is 3.69. The Morgan fingerprint density at radius 1 is 1.06 bits per heavy atom. The van der Waals surface area contributed by atoms with Crippen LogP contribution in [0.2, 0.25) is 0 Å². The van der Waals surface area contributed by atoms with Gasteiger partial charge in [-0.2, -0.15) is 5.26 Å². The van der Waals surface area contributed by atoms with Gasteiger partial charge < -0.3 is 15.4 Å². The molecule has 0 saturated heterocycles. The fourth-order valence-corrected chi connectivity index (χ4v) is 3.45. The Morgan fingerprint density at radius 2 is 1.82 bits per heavy atom. The zero-order valence-electron chi connectivity index (χ0n) is 18.4. The average molecular weight is 440 g/mol. The number of nitrogens with one attached hydrogen (secondary N) is 2. The van der Waals surface area contributed by atoms with E-state index in [2.05, 4.69) is 16.7 Å². The van der Waals surface area contributed by atoms with Gasteiger partial charge in [-0.25, -0.2) is 0 Å². The van der Waals surface area contributed by atoms with Crippen molar-refractivity contribution in [1.29, 1.82) is 5.26 Å². The summed E-state index contributed by atoms with van der Waals surface area (Å²) >= 11 is 0. The van der Waals surface area contributed by atoms with E-state index in [0.29, 0.717) is 16.9 Å². The maximum absolute atomic E-state index is 12.8. The number of rotatable bonds is 8. The lowest BCUT2D eigenvalue weighted by Gasteiger charge is -2.16. The number of carbonyl (C=O) groups is 2. The van der Waals surface area contributed by atoms with Crippen LogP contribution in [0.15, 0.2) is 72.8 Å². The minimum Gasteiger partial charge on any atom is -0.489 e. The van der Waals surface area contributed by atoms with E-state index >= 15 is 0 Å². The van der Waals surface area contributed by atoms with Gasteiger partial charge in [0.1, 0.15) is 12.4 Å². The Bertz CT molecular complexity index is 1190. The molecule has 0 radical (unpaired) electrons. The van der Waals surface area contributed by atoms with Crippen molar-refractivity contribution in [2.24, 2.45) is 5.92 Å². The van der Waals surface area contributed by atoms with Gasteiger partial charge in [-0.3, -0.25) is 9.59 Å². The molecule has 0 heterocycles. The van der Waals surface area contributed by atoms with Crippen LogP contribution in [0, 0.1) is 17.2 Å². The molecule has 1 saturated carbocycles. The van der Waals surface area contributed by atoms with Crippen molar-refractivity contribution in [3.05, 3.63) is 95.1 Å². The Hall–Kier alpha value is -4.11. The van der Waals surface area contributed by atoms with E-state index in [9.17, 15) is 14.9 Å². The number of ether oxygens (including phenoxy) is 1. The summed E-state index contributed by atoms with van der Waals surface area (Å²) in [6.07, 6.45) is 1.93. The minimum absolute atomic E-state index is 0.0716. The van der Waals surface area contributed by atoms with Gasteiger partial charge in [-0.05, 0) is 61.7 Å². The van der Waals surface area contributed by atoms with Gasteiger partial charge in [0.25, 0.3) is 5.91 Å². The lowest BCUT2D eigenvalue weighted by atomic mass is 10.1. The van der Waals surface area contributed by atoms with Crippen LogP contribution in [0.25, 0.3) is 0 Å². The Morgan fingerprint density at radius 3 is 2.55 bits per heavy atom. The molecule has 6 nitrogen and oxygen atoms in total. The first-order valence-electron chi connectivity index (χ1n) is 11.0. The van der Waals surface area contributed by atoms with Crippen molar-refractivity contribution in [2.45, 2.75) is 32.4 Å².